The molecular weight excluding hydrogens is 378 g/mol. The van der Waals surface area contributed by atoms with Crippen molar-refractivity contribution < 1.29 is 14.3 Å². The molecule has 30 heavy (non-hydrogen) atoms. The Balaban J connectivity index is 1.49. The Hall–Kier alpha value is -1.92. The molecule has 2 amide bonds. The van der Waals surface area contributed by atoms with Gasteiger partial charge in [0.15, 0.2) is 0 Å². The molecule has 2 heterocycles. The van der Waals surface area contributed by atoms with Crippen molar-refractivity contribution in [3.8, 4) is 0 Å². The van der Waals surface area contributed by atoms with Crippen LogP contribution in [0.25, 0.3) is 0 Å². The number of carbonyl (C=O) groups is 2. The summed E-state index contributed by atoms with van der Waals surface area (Å²) in [5.74, 6) is 0.468. The van der Waals surface area contributed by atoms with Gasteiger partial charge in [-0.1, -0.05) is 44.0 Å². The van der Waals surface area contributed by atoms with Crippen LogP contribution in [0.4, 0.5) is 0 Å². The van der Waals surface area contributed by atoms with Crippen LogP contribution in [-0.2, 0) is 20.7 Å². The first-order valence-electron chi connectivity index (χ1n) is 11.6. The van der Waals surface area contributed by atoms with Crippen molar-refractivity contribution in [2.24, 2.45) is 11.8 Å². The second-order valence-corrected chi connectivity index (χ2v) is 9.02. The highest BCUT2D eigenvalue weighted by Crippen LogP contribution is 2.34. The predicted molar refractivity (Wildman–Crippen MR) is 116 cm³/mol. The van der Waals surface area contributed by atoms with E-state index >= 15 is 0 Å². The van der Waals surface area contributed by atoms with E-state index in [1.54, 1.807) is 0 Å². The van der Waals surface area contributed by atoms with Gasteiger partial charge in [0, 0.05) is 38.0 Å². The minimum absolute atomic E-state index is 0.0380. The van der Waals surface area contributed by atoms with Crippen molar-refractivity contribution in [1.29, 1.82) is 0 Å². The first kappa shape index (κ1) is 21.3. The molecule has 1 N–H and O–H groups in total. The number of hydrogen-bond acceptors (Lipinski definition) is 4. The number of ether oxygens (including phenoxy) is 1. The molecule has 2 aliphatic heterocycles. The minimum Gasteiger partial charge on any atom is -0.379 e. The molecular formula is C24H35N3O3. The minimum atomic E-state index is -0.178. The molecule has 1 saturated carbocycles. The molecule has 2 saturated heterocycles. The Kier molecular flexibility index (Phi) is 7.05. The summed E-state index contributed by atoms with van der Waals surface area (Å²) < 4.78 is 5.38. The molecule has 1 aromatic carbocycles. The van der Waals surface area contributed by atoms with E-state index in [2.05, 4.69) is 36.6 Å². The van der Waals surface area contributed by atoms with Gasteiger partial charge in [-0.15, -0.1) is 0 Å². The predicted octanol–water partition coefficient (Wildman–Crippen LogP) is 2.73. The molecule has 2 atom stereocenters. The number of nitrogens with zero attached hydrogens (tertiary/aromatic N) is 2. The molecule has 6 heteroatoms. The fraction of sp³-hybridized carbons (Fsp3) is 0.667. The molecule has 4 rings (SSSR count). The van der Waals surface area contributed by atoms with Crippen molar-refractivity contribution >= 4 is 11.8 Å². The second kappa shape index (κ2) is 9.92. The normalized spacial score (nSPS) is 26.0. The number of hydrogen-bond donors (Lipinski definition) is 1. The molecule has 0 bridgehead atoms. The number of morpholine rings is 1. The number of benzene rings is 1. The van der Waals surface area contributed by atoms with Crippen LogP contribution in [0.5, 0.6) is 0 Å². The van der Waals surface area contributed by atoms with Crippen molar-refractivity contribution in [2.75, 3.05) is 39.4 Å². The van der Waals surface area contributed by atoms with Gasteiger partial charge in [-0.05, 0) is 36.8 Å². The van der Waals surface area contributed by atoms with Gasteiger partial charge in [0.25, 0.3) is 0 Å². The third-order valence-corrected chi connectivity index (χ3v) is 6.98. The van der Waals surface area contributed by atoms with Crippen LogP contribution < -0.4 is 5.43 Å². The number of piperidine rings is 1. The summed E-state index contributed by atoms with van der Waals surface area (Å²) in [7, 11) is 0. The number of amides is 2. The second-order valence-electron chi connectivity index (χ2n) is 9.02. The highest BCUT2D eigenvalue weighted by Gasteiger charge is 2.37. The summed E-state index contributed by atoms with van der Waals surface area (Å²) in [5.41, 5.74) is 5.64. The van der Waals surface area contributed by atoms with Gasteiger partial charge in [-0.2, -0.15) is 0 Å². The van der Waals surface area contributed by atoms with Crippen LogP contribution >= 0.6 is 0 Å². The highest BCUT2D eigenvalue weighted by molar-refractivity contribution is 5.82. The Labute approximate surface area is 179 Å². The first-order valence-corrected chi connectivity index (χ1v) is 11.6. The van der Waals surface area contributed by atoms with Crippen molar-refractivity contribution in [1.82, 2.24) is 15.3 Å². The van der Waals surface area contributed by atoms with E-state index in [4.69, 9.17) is 4.74 Å². The van der Waals surface area contributed by atoms with Gasteiger partial charge in [0.05, 0.1) is 19.1 Å². The Morgan fingerprint density at radius 2 is 1.73 bits per heavy atom. The maximum atomic E-state index is 13.2. The molecule has 2 unspecified atom stereocenters. The van der Waals surface area contributed by atoms with Gasteiger partial charge in [-0.25, -0.2) is 5.01 Å². The van der Waals surface area contributed by atoms with E-state index in [1.165, 1.54) is 11.1 Å². The van der Waals surface area contributed by atoms with Crippen molar-refractivity contribution in [3.63, 3.8) is 0 Å². The zero-order chi connectivity index (χ0) is 20.9. The first-order chi connectivity index (χ1) is 14.6. The van der Waals surface area contributed by atoms with Crippen LogP contribution in [0, 0.1) is 11.8 Å². The lowest BCUT2D eigenvalue weighted by Gasteiger charge is -2.39. The van der Waals surface area contributed by atoms with Crippen LogP contribution in [0.15, 0.2) is 24.3 Å². The average molecular weight is 414 g/mol. The molecule has 0 spiro atoms. The van der Waals surface area contributed by atoms with E-state index in [1.807, 2.05) is 9.91 Å². The van der Waals surface area contributed by atoms with Crippen LogP contribution in [0.3, 0.4) is 0 Å². The van der Waals surface area contributed by atoms with Gasteiger partial charge >= 0.3 is 0 Å². The largest absolute Gasteiger partial charge is 0.379 e. The fourth-order valence-corrected chi connectivity index (χ4v) is 5.09. The summed E-state index contributed by atoms with van der Waals surface area (Å²) in [6.07, 6.45) is 6.09. The Morgan fingerprint density at radius 1 is 1.03 bits per heavy atom. The van der Waals surface area contributed by atoms with Crippen molar-refractivity contribution in [2.45, 2.75) is 51.4 Å². The number of hydrazine groups is 1. The number of likely N-dealkylation sites (tertiary alicyclic amines) is 1. The number of carbonyl (C=O) groups excluding carboxylic acids is 2. The third-order valence-electron chi connectivity index (χ3n) is 6.98. The standard InChI is InChI=1S/C24H35N3O3/c1-2-18-7-9-19(10-8-18)21-15-22(23(28)25-27-11-13-30-14-12-27)17-26(16-21)24(29)20-5-3-4-6-20/h7-10,20-22H,2-6,11-17H2,1H3,(H,25,28). The van der Waals surface area contributed by atoms with Gasteiger partial charge < -0.3 is 9.64 Å². The maximum Gasteiger partial charge on any atom is 0.239 e. The third kappa shape index (κ3) is 5.03. The van der Waals surface area contributed by atoms with Gasteiger partial charge in [-0.3, -0.25) is 15.0 Å². The monoisotopic (exact) mass is 413 g/mol. The zero-order valence-electron chi connectivity index (χ0n) is 18.1. The van der Waals surface area contributed by atoms with Crippen LogP contribution in [-0.4, -0.2) is 61.1 Å². The lowest BCUT2D eigenvalue weighted by molar-refractivity contribution is -0.141. The topological polar surface area (TPSA) is 61.9 Å². The molecule has 0 aromatic heterocycles. The summed E-state index contributed by atoms with van der Waals surface area (Å²) in [5, 5.41) is 1.95. The smallest absolute Gasteiger partial charge is 0.239 e. The quantitative estimate of drug-likeness (QED) is 0.806. The van der Waals surface area contributed by atoms with Crippen LogP contribution in [0.2, 0.25) is 0 Å². The number of rotatable bonds is 5. The maximum absolute atomic E-state index is 13.2. The molecule has 0 radical (unpaired) electrons. The summed E-state index contributed by atoms with van der Waals surface area (Å²) >= 11 is 0. The summed E-state index contributed by atoms with van der Waals surface area (Å²) in [4.78, 5) is 28.3. The summed E-state index contributed by atoms with van der Waals surface area (Å²) in [6, 6.07) is 8.72. The van der Waals surface area contributed by atoms with Crippen LogP contribution in [0.1, 0.15) is 56.1 Å². The molecule has 1 aliphatic carbocycles. The zero-order valence-corrected chi connectivity index (χ0v) is 18.1. The van der Waals surface area contributed by atoms with E-state index in [0.717, 1.165) is 45.1 Å². The average Bonchev–Trinajstić information content (AvgIpc) is 3.34. The lowest BCUT2D eigenvalue weighted by Crippen LogP contribution is -2.54. The lowest BCUT2D eigenvalue weighted by atomic mass is 9.83. The molecule has 1 aromatic rings. The summed E-state index contributed by atoms with van der Waals surface area (Å²) in [6.45, 7) is 6.13. The van der Waals surface area contributed by atoms with E-state index < -0.39 is 0 Å². The van der Waals surface area contributed by atoms with E-state index in [-0.39, 0.29) is 29.6 Å². The number of aryl methyl sites for hydroxylation is 1. The van der Waals surface area contributed by atoms with Gasteiger partial charge in [0.2, 0.25) is 11.8 Å². The Morgan fingerprint density at radius 3 is 2.40 bits per heavy atom. The molecule has 164 valence electrons. The Bertz CT molecular complexity index is 724. The van der Waals surface area contributed by atoms with E-state index in [9.17, 15) is 9.59 Å². The van der Waals surface area contributed by atoms with E-state index in [0.29, 0.717) is 32.8 Å². The SMILES string of the molecule is CCc1ccc(C2CC(C(=O)NN3CCOCC3)CN(C(=O)C3CCCC3)C2)cc1. The molecule has 3 aliphatic rings. The van der Waals surface area contributed by atoms with Crippen molar-refractivity contribution in [3.05, 3.63) is 35.4 Å². The fourth-order valence-electron chi connectivity index (χ4n) is 5.09. The molecule has 3 fully saturated rings. The molecule has 6 nitrogen and oxygen atoms in total. The number of nitrogens with one attached hydrogen (secondary N) is 1. The highest BCUT2D eigenvalue weighted by atomic mass is 16.5. The van der Waals surface area contributed by atoms with Gasteiger partial charge in [0.1, 0.15) is 0 Å².